The van der Waals surface area contributed by atoms with Gasteiger partial charge in [-0.25, -0.2) is 4.98 Å². The normalized spacial score (nSPS) is 20.1. The number of hydrogen-bond acceptors (Lipinski definition) is 4. The second-order valence-corrected chi connectivity index (χ2v) is 7.34. The third-order valence-electron chi connectivity index (χ3n) is 3.74. The summed E-state index contributed by atoms with van der Waals surface area (Å²) in [6, 6.07) is 11.0. The van der Waals surface area contributed by atoms with E-state index in [1.807, 2.05) is 18.4 Å². The highest BCUT2D eigenvalue weighted by Gasteiger charge is 2.21. The van der Waals surface area contributed by atoms with E-state index in [0.29, 0.717) is 11.3 Å². The summed E-state index contributed by atoms with van der Waals surface area (Å²) >= 11 is 3.90. The molecule has 2 atom stereocenters. The molecule has 3 rings (SSSR count). The van der Waals surface area contributed by atoms with Crippen LogP contribution < -0.4 is 5.32 Å². The van der Waals surface area contributed by atoms with Crippen molar-refractivity contribution in [1.29, 1.82) is 0 Å². The van der Waals surface area contributed by atoms with Crippen LogP contribution >= 0.6 is 23.1 Å². The van der Waals surface area contributed by atoms with Gasteiger partial charge in [0.25, 0.3) is 0 Å². The Morgan fingerprint density at radius 1 is 1.35 bits per heavy atom. The zero-order valence-corrected chi connectivity index (χ0v) is 13.3. The smallest absolute Gasteiger partial charge is 0.106 e. The molecule has 0 aliphatic carbocycles. The molecule has 2 unspecified atom stereocenters. The summed E-state index contributed by atoms with van der Waals surface area (Å²) in [5, 5.41) is 7.62. The van der Waals surface area contributed by atoms with Gasteiger partial charge in [0, 0.05) is 17.8 Å². The molecular weight excluding hydrogens is 284 g/mol. The Hall–Kier alpha value is -0.840. The number of thiazole rings is 1. The number of thioether (sulfide) groups is 1. The first kappa shape index (κ1) is 14.1. The van der Waals surface area contributed by atoms with E-state index in [-0.39, 0.29) is 0 Å². The monoisotopic (exact) mass is 304 g/mol. The van der Waals surface area contributed by atoms with Gasteiger partial charge in [0.05, 0.1) is 10.9 Å². The third kappa shape index (κ3) is 3.25. The molecule has 4 heteroatoms. The summed E-state index contributed by atoms with van der Waals surface area (Å²) in [5.74, 6) is 1.29. The van der Waals surface area contributed by atoms with Crippen molar-refractivity contribution >= 4 is 23.1 Å². The summed E-state index contributed by atoms with van der Waals surface area (Å²) in [7, 11) is 2.03. The van der Waals surface area contributed by atoms with E-state index in [9.17, 15) is 0 Å². The minimum Gasteiger partial charge on any atom is -0.313 e. The van der Waals surface area contributed by atoms with Crippen molar-refractivity contribution in [3.05, 3.63) is 52.0 Å². The van der Waals surface area contributed by atoms with Gasteiger partial charge < -0.3 is 5.32 Å². The first-order valence-corrected chi connectivity index (χ1v) is 9.08. The highest BCUT2D eigenvalue weighted by atomic mass is 32.2. The lowest BCUT2D eigenvalue weighted by molar-refractivity contribution is 0.585. The fourth-order valence-corrected chi connectivity index (χ4v) is 4.98. The van der Waals surface area contributed by atoms with Crippen LogP contribution in [0, 0.1) is 0 Å². The molecule has 1 N–H and O–H groups in total. The molecule has 2 aromatic rings. The summed E-state index contributed by atoms with van der Waals surface area (Å²) in [6.07, 6.45) is 3.60. The molecule has 0 amide bonds. The fraction of sp³-hybridized carbons (Fsp3) is 0.438. The molecule has 0 radical (unpaired) electrons. The summed E-state index contributed by atoms with van der Waals surface area (Å²) in [5.41, 5.74) is 2.56. The molecule has 2 heterocycles. The summed E-state index contributed by atoms with van der Waals surface area (Å²) in [4.78, 5) is 4.86. The second-order valence-electron chi connectivity index (χ2n) is 5.13. The molecule has 1 aliphatic heterocycles. The Labute approximate surface area is 129 Å². The highest BCUT2D eigenvalue weighted by Crippen LogP contribution is 2.41. The number of likely N-dealkylation sites (N-methyl/N-ethyl adjacent to an activating group) is 1. The minimum absolute atomic E-state index is 0.349. The molecule has 0 spiro atoms. The SMILES string of the molecule is CNC(Cc1csc(C2CCCS2)n1)c1ccccc1. The summed E-state index contributed by atoms with van der Waals surface area (Å²) < 4.78 is 0. The van der Waals surface area contributed by atoms with Gasteiger partial charge in [-0.3, -0.25) is 0 Å². The topological polar surface area (TPSA) is 24.9 Å². The minimum atomic E-state index is 0.349. The number of aromatic nitrogens is 1. The first-order valence-electron chi connectivity index (χ1n) is 7.15. The molecule has 0 bridgehead atoms. The molecule has 0 saturated carbocycles. The van der Waals surface area contributed by atoms with Crippen LogP contribution in [0.2, 0.25) is 0 Å². The number of rotatable bonds is 5. The summed E-state index contributed by atoms with van der Waals surface area (Å²) in [6.45, 7) is 0. The molecule has 1 saturated heterocycles. The van der Waals surface area contributed by atoms with Crippen LogP contribution in [0.5, 0.6) is 0 Å². The number of nitrogens with zero attached hydrogens (tertiary/aromatic N) is 1. The predicted octanol–water partition coefficient (Wildman–Crippen LogP) is 4.21. The van der Waals surface area contributed by atoms with Crippen molar-refractivity contribution in [2.75, 3.05) is 12.8 Å². The van der Waals surface area contributed by atoms with Gasteiger partial charge in [0.1, 0.15) is 5.01 Å². The third-order valence-corrected chi connectivity index (χ3v) is 6.28. The van der Waals surface area contributed by atoms with Crippen LogP contribution in [0.1, 0.15) is 40.4 Å². The van der Waals surface area contributed by atoms with Crippen LogP contribution in [-0.2, 0) is 6.42 Å². The van der Waals surface area contributed by atoms with Gasteiger partial charge in [-0.15, -0.1) is 11.3 Å². The lowest BCUT2D eigenvalue weighted by atomic mass is 10.0. The van der Waals surface area contributed by atoms with Crippen molar-refractivity contribution in [3.8, 4) is 0 Å². The molecular formula is C16H20N2S2. The second kappa shape index (κ2) is 6.74. The van der Waals surface area contributed by atoms with Crippen molar-refractivity contribution in [3.63, 3.8) is 0 Å². The maximum absolute atomic E-state index is 4.86. The van der Waals surface area contributed by atoms with Gasteiger partial charge in [0.2, 0.25) is 0 Å². The van der Waals surface area contributed by atoms with E-state index in [1.54, 1.807) is 0 Å². The number of hydrogen-bond donors (Lipinski definition) is 1. The van der Waals surface area contributed by atoms with Crippen LogP contribution in [0.3, 0.4) is 0 Å². The van der Waals surface area contributed by atoms with Crippen LogP contribution in [0.4, 0.5) is 0 Å². The highest BCUT2D eigenvalue weighted by molar-refractivity contribution is 7.99. The first-order chi connectivity index (χ1) is 9.86. The molecule has 106 valence electrons. The van der Waals surface area contributed by atoms with E-state index < -0.39 is 0 Å². The standard InChI is InChI=1S/C16H20N2S2/c1-17-14(12-6-3-2-4-7-12)10-13-11-20-16(18-13)15-8-5-9-19-15/h2-4,6-7,11,14-15,17H,5,8-10H2,1H3. The fourth-order valence-electron chi connectivity index (χ4n) is 2.62. The lowest BCUT2D eigenvalue weighted by Crippen LogP contribution is -2.18. The average molecular weight is 304 g/mol. The Morgan fingerprint density at radius 2 is 2.20 bits per heavy atom. The average Bonchev–Trinajstić information content (AvgIpc) is 3.16. The Bertz CT molecular complexity index is 532. The molecule has 20 heavy (non-hydrogen) atoms. The van der Waals surface area contributed by atoms with Gasteiger partial charge in [-0.05, 0) is 31.2 Å². The van der Waals surface area contributed by atoms with E-state index in [0.717, 1.165) is 6.42 Å². The van der Waals surface area contributed by atoms with E-state index in [1.165, 1.54) is 34.9 Å². The molecule has 1 aromatic heterocycles. The molecule has 1 aliphatic rings. The van der Waals surface area contributed by atoms with E-state index in [2.05, 4.69) is 52.8 Å². The molecule has 1 aromatic carbocycles. The number of nitrogens with one attached hydrogen (secondary N) is 1. The molecule has 2 nitrogen and oxygen atoms in total. The number of benzene rings is 1. The zero-order chi connectivity index (χ0) is 13.8. The van der Waals surface area contributed by atoms with Crippen molar-refractivity contribution in [2.24, 2.45) is 0 Å². The van der Waals surface area contributed by atoms with Crippen LogP contribution in [-0.4, -0.2) is 17.8 Å². The maximum atomic E-state index is 4.86. The van der Waals surface area contributed by atoms with E-state index in [4.69, 9.17) is 4.98 Å². The zero-order valence-electron chi connectivity index (χ0n) is 11.7. The molecule has 1 fully saturated rings. The maximum Gasteiger partial charge on any atom is 0.106 e. The van der Waals surface area contributed by atoms with Crippen molar-refractivity contribution in [1.82, 2.24) is 10.3 Å². The largest absolute Gasteiger partial charge is 0.313 e. The van der Waals surface area contributed by atoms with Gasteiger partial charge >= 0.3 is 0 Å². The predicted molar refractivity (Wildman–Crippen MR) is 88.5 cm³/mol. The lowest BCUT2D eigenvalue weighted by Gasteiger charge is -2.15. The van der Waals surface area contributed by atoms with Crippen LogP contribution in [0.25, 0.3) is 0 Å². The van der Waals surface area contributed by atoms with Crippen LogP contribution in [0.15, 0.2) is 35.7 Å². The van der Waals surface area contributed by atoms with Crippen molar-refractivity contribution in [2.45, 2.75) is 30.6 Å². The van der Waals surface area contributed by atoms with Crippen molar-refractivity contribution < 1.29 is 0 Å². The Morgan fingerprint density at radius 3 is 2.90 bits per heavy atom. The van der Waals surface area contributed by atoms with E-state index >= 15 is 0 Å². The quantitative estimate of drug-likeness (QED) is 0.895. The van der Waals surface area contributed by atoms with Gasteiger partial charge in [-0.2, -0.15) is 11.8 Å². The Balaban J connectivity index is 1.70. The Kier molecular flexibility index (Phi) is 4.76. The van der Waals surface area contributed by atoms with Gasteiger partial charge in [-0.1, -0.05) is 30.3 Å². The van der Waals surface area contributed by atoms with Gasteiger partial charge in [0.15, 0.2) is 0 Å².